The summed E-state index contributed by atoms with van der Waals surface area (Å²) in [6.45, 7) is 6.67. The van der Waals surface area contributed by atoms with Gasteiger partial charge in [0.2, 0.25) is 5.91 Å². The minimum absolute atomic E-state index is 0.0680. The van der Waals surface area contributed by atoms with Crippen LogP contribution in [-0.4, -0.2) is 49.1 Å². The van der Waals surface area contributed by atoms with Gasteiger partial charge in [0.25, 0.3) is 0 Å². The van der Waals surface area contributed by atoms with Crippen LogP contribution in [0, 0.1) is 11.8 Å². The quantitative estimate of drug-likeness (QED) is 0.784. The van der Waals surface area contributed by atoms with Crippen LogP contribution >= 0.6 is 0 Å². The zero-order chi connectivity index (χ0) is 14.7. The van der Waals surface area contributed by atoms with Crippen LogP contribution in [0.5, 0.6) is 0 Å². The Morgan fingerprint density at radius 2 is 2.10 bits per heavy atom. The smallest absolute Gasteiger partial charge is 0.237 e. The molecule has 3 atom stereocenters. The number of nitrogens with one attached hydrogen (secondary N) is 2. The highest BCUT2D eigenvalue weighted by Gasteiger charge is 2.29. The molecule has 3 aliphatic rings. The van der Waals surface area contributed by atoms with Gasteiger partial charge in [0.15, 0.2) is 0 Å². The van der Waals surface area contributed by atoms with E-state index < -0.39 is 0 Å². The first-order valence-corrected chi connectivity index (χ1v) is 8.97. The van der Waals surface area contributed by atoms with Gasteiger partial charge in [-0.05, 0) is 64.0 Å². The summed E-state index contributed by atoms with van der Waals surface area (Å²) in [6.07, 6.45) is 8.97. The molecule has 0 aromatic heterocycles. The Morgan fingerprint density at radius 1 is 1.24 bits per heavy atom. The fourth-order valence-electron chi connectivity index (χ4n) is 3.93. The van der Waals surface area contributed by atoms with Crippen molar-refractivity contribution in [3.63, 3.8) is 0 Å². The van der Waals surface area contributed by atoms with Gasteiger partial charge in [0.1, 0.15) is 0 Å². The Labute approximate surface area is 129 Å². The van der Waals surface area contributed by atoms with E-state index in [1.54, 1.807) is 0 Å². The maximum absolute atomic E-state index is 12.1. The second-order valence-electron chi connectivity index (χ2n) is 7.43. The summed E-state index contributed by atoms with van der Waals surface area (Å²) in [5.41, 5.74) is 0. The number of likely N-dealkylation sites (tertiary alicyclic amines) is 1. The van der Waals surface area contributed by atoms with E-state index in [2.05, 4.69) is 22.5 Å². The van der Waals surface area contributed by atoms with Gasteiger partial charge in [0, 0.05) is 19.1 Å². The van der Waals surface area contributed by atoms with Crippen molar-refractivity contribution in [3.05, 3.63) is 0 Å². The molecule has 1 saturated carbocycles. The number of rotatable bonds is 6. The zero-order valence-corrected chi connectivity index (χ0v) is 13.4. The Kier molecular flexibility index (Phi) is 5.17. The molecule has 1 amide bonds. The fourth-order valence-corrected chi connectivity index (χ4v) is 3.93. The lowest BCUT2D eigenvalue weighted by molar-refractivity contribution is -0.123. The van der Waals surface area contributed by atoms with Crippen LogP contribution in [0.1, 0.15) is 51.9 Å². The lowest BCUT2D eigenvalue weighted by atomic mass is 9.95. The first kappa shape index (κ1) is 15.3. The van der Waals surface area contributed by atoms with Crippen molar-refractivity contribution < 1.29 is 4.79 Å². The normalized spacial score (nSPS) is 32.0. The Balaban J connectivity index is 1.39. The van der Waals surface area contributed by atoms with Gasteiger partial charge in [-0.25, -0.2) is 0 Å². The summed E-state index contributed by atoms with van der Waals surface area (Å²) < 4.78 is 0. The summed E-state index contributed by atoms with van der Waals surface area (Å²) in [5, 5.41) is 6.46. The largest absolute Gasteiger partial charge is 0.354 e. The molecule has 2 aliphatic heterocycles. The summed E-state index contributed by atoms with van der Waals surface area (Å²) in [7, 11) is 0. The molecular weight excluding hydrogens is 262 g/mol. The molecule has 0 aromatic rings. The molecule has 0 spiro atoms. The molecule has 0 bridgehead atoms. The monoisotopic (exact) mass is 293 g/mol. The number of piperidine rings is 1. The number of hydrogen-bond acceptors (Lipinski definition) is 3. The van der Waals surface area contributed by atoms with E-state index in [1.807, 2.05) is 0 Å². The SMILES string of the molecule is CC(CC1CC1)N1CCCC(CNC(=O)C2CCCN2)C1. The summed E-state index contributed by atoms with van der Waals surface area (Å²) >= 11 is 0. The van der Waals surface area contributed by atoms with Crippen molar-refractivity contribution in [2.45, 2.75) is 64.0 Å². The molecule has 3 unspecified atom stereocenters. The molecular formula is C17H31N3O. The standard InChI is InChI=1S/C17H31N3O/c1-13(10-14-6-7-14)20-9-3-4-15(12-20)11-19-17(21)16-5-2-8-18-16/h13-16,18H,2-12H2,1H3,(H,19,21). The predicted octanol–water partition coefficient (Wildman–Crippen LogP) is 1.76. The van der Waals surface area contributed by atoms with Crippen LogP contribution in [0.15, 0.2) is 0 Å². The molecule has 21 heavy (non-hydrogen) atoms. The Bertz CT molecular complexity index is 350. The van der Waals surface area contributed by atoms with Gasteiger partial charge in [-0.15, -0.1) is 0 Å². The second-order valence-corrected chi connectivity index (χ2v) is 7.43. The van der Waals surface area contributed by atoms with Crippen LogP contribution in [0.4, 0.5) is 0 Å². The minimum Gasteiger partial charge on any atom is -0.354 e. The first-order valence-electron chi connectivity index (χ1n) is 8.97. The maximum Gasteiger partial charge on any atom is 0.237 e. The predicted molar refractivity (Wildman–Crippen MR) is 85.1 cm³/mol. The van der Waals surface area contributed by atoms with Gasteiger partial charge in [-0.3, -0.25) is 4.79 Å². The molecule has 0 aromatic carbocycles. The molecule has 4 nitrogen and oxygen atoms in total. The van der Waals surface area contributed by atoms with Crippen molar-refractivity contribution in [1.29, 1.82) is 0 Å². The van der Waals surface area contributed by atoms with Crippen molar-refractivity contribution in [1.82, 2.24) is 15.5 Å². The van der Waals surface area contributed by atoms with Crippen LogP contribution in [0.25, 0.3) is 0 Å². The van der Waals surface area contributed by atoms with E-state index in [0.29, 0.717) is 5.92 Å². The average Bonchev–Trinajstić information content (AvgIpc) is 3.14. The highest BCUT2D eigenvalue weighted by Crippen LogP contribution is 2.35. The van der Waals surface area contributed by atoms with E-state index in [1.165, 1.54) is 45.2 Å². The van der Waals surface area contributed by atoms with E-state index in [0.717, 1.165) is 37.9 Å². The number of carbonyl (C=O) groups is 1. The van der Waals surface area contributed by atoms with Gasteiger partial charge in [-0.1, -0.05) is 12.8 Å². The van der Waals surface area contributed by atoms with Gasteiger partial charge in [-0.2, -0.15) is 0 Å². The first-order chi connectivity index (χ1) is 10.2. The summed E-state index contributed by atoms with van der Waals surface area (Å²) in [6, 6.07) is 0.797. The molecule has 3 rings (SSSR count). The Hall–Kier alpha value is -0.610. The third-order valence-electron chi connectivity index (χ3n) is 5.49. The van der Waals surface area contributed by atoms with E-state index in [-0.39, 0.29) is 11.9 Å². The lowest BCUT2D eigenvalue weighted by Crippen LogP contribution is -2.47. The summed E-state index contributed by atoms with van der Waals surface area (Å²) in [5.74, 6) is 1.87. The third kappa shape index (κ3) is 4.43. The lowest BCUT2D eigenvalue weighted by Gasteiger charge is -2.37. The zero-order valence-electron chi connectivity index (χ0n) is 13.4. The Morgan fingerprint density at radius 3 is 2.81 bits per heavy atom. The number of amides is 1. The van der Waals surface area contributed by atoms with Gasteiger partial charge in [0.05, 0.1) is 6.04 Å². The van der Waals surface area contributed by atoms with Crippen molar-refractivity contribution >= 4 is 5.91 Å². The summed E-state index contributed by atoms with van der Waals surface area (Å²) in [4.78, 5) is 14.7. The van der Waals surface area contributed by atoms with Crippen LogP contribution in [-0.2, 0) is 4.79 Å². The van der Waals surface area contributed by atoms with E-state index in [4.69, 9.17) is 0 Å². The topological polar surface area (TPSA) is 44.4 Å². The van der Waals surface area contributed by atoms with Crippen molar-refractivity contribution in [2.24, 2.45) is 11.8 Å². The third-order valence-corrected chi connectivity index (χ3v) is 5.49. The molecule has 1 aliphatic carbocycles. The maximum atomic E-state index is 12.1. The highest BCUT2D eigenvalue weighted by molar-refractivity contribution is 5.81. The minimum atomic E-state index is 0.0680. The van der Waals surface area contributed by atoms with Crippen molar-refractivity contribution in [3.8, 4) is 0 Å². The number of hydrogen-bond donors (Lipinski definition) is 2. The van der Waals surface area contributed by atoms with Crippen LogP contribution in [0.2, 0.25) is 0 Å². The average molecular weight is 293 g/mol. The van der Waals surface area contributed by atoms with Crippen LogP contribution < -0.4 is 10.6 Å². The molecule has 2 heterocycles. The number of nitrogens with zero attached hydrogens (tertiary/aromatic N) is 1. The van der Waals surface area contributed by atoms with E-state index in [9.17, 15) is 4.79 Å². The van der Waals surface area contributed by atoms with Crippen LogP contribution in [0.3, 0.4) is 0 Å². The fraction of sp³-hybridized carbons (Fsp3) is 0.941. The molecule has 2 saturated heterocycles. The van der Waals surface area contributed by atoms with Gasteiger partial charge >= 0.3 is 0 Å². The molecule has 2 N–H and O–H groups in total. The second kappa shape index (κ2) is 7.10. The molecule has 4 heteroatoms. The van der Waals surface area contributed by atoms with E-state index >= 15 is 0 Å². The molecule has 3 fully saturated rings. The highest BCUT2D eigenvalue weighted by atomic mass is 16.2. The molecule has 0 radical (unpaired) electrons. The van der Waals surface area contributed by atoms with Crippen molar-refractivity contribution in [2.75, 3.05) is 26.2 Å². The molecule has 120 valence electrons. The number of carbonyl (C=O) groups excluding carboxylic acids is 1. The van der Waals surface area contributed by atoms with Gasteiger partial charge < -0.3 is 15.5 Å².